The van der Waals surface area contributed by atoms with Crippen molar-refractivity contribution in [2.75, 3.05) is 40.4 Å². The number of ether oxygens (including phenoxy) is 2. The largest absolute Gasteiger partial charge is 0.494 e. The molecule has 1 aliphatic heterocycles. The molecule has 2 atom stereocenters. The van der Waals surface area contributed by atoms with E-state index in [1.165, 1.54) is 5.56 Å². The van der Waals surface area contributed by atoms with E-state index in [-0.39, 0.29) is 24.1 Å². The predicted molar refractivity (Wildman–Crippen MR) is 180 cm³/mol. The highest BCUT2D eigenvalue weighted by Gasteiger charge is 2.38. The van der Waals surface area contributed by atoms with Crippen molar-refractivity contribution in [3.63, 3.8) is 0 Å². The van der Waals surface area contributed by atoms with Gasteiger partial charge in [-0.2, -0.15) is 4.31 Å². The maximum absolute atomic E-state index is 13.9. The van der Waals surface area contributed by atoms with Crippen molar-refractivity contribution in [1.82, 2.24) is 14.5 Å². The number of benzene rings is 2. The van der Waals surface area contributed by atoms with Crippen LogP contribution in [0.25, 0.3) is 0 Å². The highest BCUT2D eigenvalue weighted by molar-refractivity contribution is 7.89. The van der Waals surface area contributed by atoms with Gasteiger partial charge in [-0.3, -0.25) is 4.79 Å². The number of piperidine rings is 1. The first-order chi connectivity index (χ1) is 21.5. The molecule has 250 valence electrons. The van der Waals surface area contributed by atoms with Crippen molar-refractivity contribution in [3.8, 4) is 5.75 Å². The molecule has 0 spiro atoms. The van der Waals surface area contributed by atoms with Gasteiger partial charge in [0.25, 0.3) is 0 Å². The molecular formula is C36H55N3O5S. The van der Waals surface area contributed by atoms with Crippen molar-refractivity contribution in [1.29, 1.82) is 0 Å². The zero-order valence-corrected chi connectivity index (χ0v) is 29.1. The van der Waals surface area contributed by atoms with Crippen molar-refractivity contribution < 1.29 is 22.7 Å². The average Bonchev–Trinajstić information content (AvgIpc) is 3.01. The van der Waals surface area contributed by atoms with Crippen LogP contribution in [0.15, 0.2) is 47.4 Å². The summed E-state index contributed by atoms with van der Waals surface area (Å²) < 4.78 is 41.0. The van der Waals surface area contributed by atoms with Crippen LogP contribution < -0.4 is 10.1 Å². The summed E-state index contributed by atoms with van der Waals surface area (Å²) in [5.74, 6) is 1.14. The number of hydrogen-bond donors (Lipinski definition) is 1. The highest BCUT2D eigenvalue weighted by atomic mass is 32.2. The van der Waals surface area contributed by atoms with Gasteiger partial charge < -0.3 is 19.7 Å². The molecule has 1 saturated heterocycles. The first kappa shape index (κ1) is 35.4. The number of hydrogen-bond acceptors (Lipinski definition) is 6. The number of aryl methyl sites for hydroxylation is 2. The van der Waals surface area contributed by atoms with Gasteiger partial charge >= 0.3 is 0 Å². The van der Waals surface area contributed by atoms with E-state index in [1.54, 1.807) is 23.4 Å². The van der Waals surface area contributed by atoms with Gasteiger partial charge in [0.2, 0.25) is 15.9 Å². The lowest BCUT2D eigenvalue weighted by Gasteiger charge is -2.45. The Balaban J connectivity index is 1.26. The smallest absolute Gasteiger partial charge is 0.248 e. The molecule has 1 aliphatic carbocycles. The number of carbonyl (C=O) groups excluding carboxylic acids is 1. The van der Waals surface area contributed by atoms with Gasteiger partial charge in [-0.05, 0) is 128 Å². The van der Waals surface area contributed by atoms with E-state index >= 15 is 0 Å². The molecule has 0 aromatic heterocycles. The summed E-state index contributed by atoms with van der Waals surface area (Å²) in [5, 5.41) is 3.08. The summed E-state index contributed by atoms with van der Waals surface area (Å²) in [5.41, 5.74) is 2.94. The lowest BCUT2D eigenvalue weighted by atomic mass is 9.72. The molecule has 2 aromatic carbocycles. The molecule has 45 heavy (non-hydrogen) atoms. The molecule has 1 saturated carbocycles. The Hall–Kier alpha value is -2.46. The van der Waals surface area contributed by atoms with Gasteiger partial charge in [-0.25, -0.2) is 8.42 Å². The predicted octanol–water partition coefficient (Wildman–Crippen LogP) is 5.89. The van der Waals surface area contributed by atoms with Crippen molar-refractivity contribution in [3.05, 3.63) is 59.2 Å². The van der Waals surface area contributed by atoms with Crippen LogP contribution in [-0.2, 0) is 26.0 Å². The summed E-state index contributed by atoms with van der Waals surface area (Å²) in [7, 11) is 0.670. The van der Waals surface area contributed by atoms with Crippen LogP contribution in [0.4, 0.5) is 0 Å². The first-order valence-electron chi connectivity index (χ1n) is 16.8. The third kappa shape index (κ3) is 8.88. The van der Waals surface area contributed by atoms with Crippen LogP contribution in [0.5, 0.6) is 5.75 Å². The molecule has 0 radical (unpaired) electrons. The SMILES string of the molecule is CCOc1cc(C)c(S(=O)(=O)N2CCCCC2COC(C)C(=O)NCCC2CCC(Cc3ccccc3)(N(C)C)CC2)c(C)c1. The van der Waals surface area contributed by atoms with Gasteiger partial charge in [0.1, 0.15) is 11.9 Å². The van der Waals surface area contributed by atoms with E-state index in [9.17, 15) is 13.2 Å². The summed E-state index contributed by atoms with van der Waals surface area (Å²) in [4.78, 5) is 15.7. The Morgan fingerprint density at radius 1 is 1.07 bits per heavy atom. The van der Waals surface area contributed by atoms with Crippen LogP contribution in [0, 0.1) is 19.8 Å². The number of likely N-dealkylation sites (N-methyl/N-ethyl adjacent to an activating group) is 1. The summed E-state index contributed by atoms with van der Waals surface area (Å²) in [6.45, 7) is 9.11. The normalized spacial score (nSPS) is 23.5. The molecule has 9 heteroatoms. The molecule has 2 fully saturated rings. The second-order valence-corrected chi connectivity index (χ2v) is 15.2. The minimum atomic E-state index is -3.74. The number of amides is 1. The van der Waals surface area contributed by atoms with Crippen molar-refractivity contribution in [2.45, 2.75) is 108 Å². The Kier molecular flexibility index (Phi) is 12.5. The Labute approximate surface area is 271 Å². The third-order valence-corrected chi connectivity index (χ3v) is 12.3. The van der Waals surface area contributed by atoms with E-state index < -0.39 is 16.1 Å². The van der Waals surface area contributed by atoms with Gasteiger partial charge in [-0.15, -0.1) is 0 Å². The number of rotatable bonds is 14. The fraction of sp³-hybridized carbons (Fsp3) is 0.639. The van der Waals surface area contributed by atoms with Crippen LogP contribution >= 0.6 is 0 Å². The number of sulfonamides is 1. The van der Waals surface area contributed by atoms with E-state index in [2.05, 4.69) is 54.6 Å². The topological polar surface area (TPSA) is 88.2 Å². The maximum Gasteiger partial charge on any atom is 0.248 e. The highest BCUT2D eigenvalue weighted by Crippen LogP contribution is 2.39. The second kappa shape index (κ2) is 15.9. The number of carbonyl (C=O) groups is 1. The summed E-state index contributed by atoms with van der Waals surface area (Å²) >= 11 is 0. The van der Waals surface area contributed by atoms with Crippen LogP contribution in [0.3, 0.4) is 0 Å². The lowest BCUT2D eigenvalue weighted by molar-refractivity contribution is -0.132. The van der Waals surface area contributed by atoms with Crippen LogP contribution in [-0.4, -0.2) is 81.6 Å². The Morgan fingerprint density at radius 2 is 1.73 bits per heavy atom. The molecule has 2 aromatic rings. The third-order valence-electron chi connectivity index (χ3n) is 10.0. The van der Waals surface area contributed by atoms with Crippen molar-refractivity contribution >= 4 is 15.9 Å². The minimum Gasteiger partial charge on any atom is -0.494 e. The van der Waals surface area contributed by atoms with Gasteiger partial charge in [-0.1, -0.05) is 36.8 Å². The molecule has 1 amide bonds. The molecule has 1 heterocycles. The molecule has 4 rings (SSSR count). The fourth-order valence-electron chi connectivity index (χ4n) is 7.28. The number of nitrogens with zero attached hydrogens (tertiary/aromatic N) is 2. The van der Waals surface area contributed by atoms with Crippen LogP contribution in [0.2, 0.25) is 0 Å². The first-order valence-corrected chi connectivity index (χ1v) is 18.3. The Bertz CT molecular complexity index is 1330. The zero-order valence-electron chi connectivity index (χ0n) is 28.3. The van der Waals surface area contributed by atoms with Gasteiger partial charge in [0.05, 0.1) is 18.1 Å². The standard InChI is InChI=1S/C36H55N3O5S/c1-7-43-33-23-27(2)34(28(3)24-33)45(41,42)39-22-12-11-15-32(39)26-44-29(4)35(40)37-21-18-30-16-19-36(20-17-30,38(5)6)25-31-13-9-8-10-14-31/h8-10,13-14,23-24,29-30,32H,7,11-12,15-22,25-26H2,1-6H3,(H,37,40). The Morgan fingerprint density at radius 3 is 2.36 bits per heavy atom. The molecular weight excluding hydrogens is 586 g/mol. The summed E-state index contributed by atoms with van der Waals surface area (Å²) in [6, 6.07) is 14.1. The zero-order chi connectivity index (χ0) is 32.6. The number of nitrogens with one attached hydrogen (secondary N) is 1. The van der Waals surface area contributed by atoms with E-state index in [4.69, 9.17) is 9.47 Å². The fourth-order valence-corrected chi connectivity index (χ4v) is 9.37. The molecule has 1 N–H and O–H groups in total. The molecule has 2 aliphatic rings. The van der Waals surface area contributed by atoms with E-state index in [0.717, 1.165) is 51.4 Å². The minimum absolute atomic E-state index is 0.138. The monoisotopic (exact) mass is 641 g/mol. The lowest BCUT2D eigenvalue weighted by Crippen LogP contribution is -2.49. The van der Waals surface area contributed by atoms with Gasteiger partial charge in [0, 0.05) is 24.7 Å². The molecule has 8 nitrogen and oxygen atoms in total. The van der Waals surface area contributed by atoms with Gasteiger partial charge in [0.15, 0.2) is 0 Å². The van der Waals surface area contributed by atoms with E-state index in [0.29, 0.717) is 53.8 Å². The molecule has 2 unspecified atom stereocenters. The van der Waals surface area contributed by atoms with E-state index in [1.807, 2.05) is 20.8 Å². The second-order valence-electron chi connectivity index (χ2n) is 13.4. The van der Waals surface area contributed by atoms with Crippen molar-refractivity contribution in [2.24, 2.45) is 5.92 Å². The molecule has 0 bridgehead atoms. The summed E-state index contributed by atoms with van der Waals surface area (Å²) in [6.07, 6.45) is 8.47. The van der Waals surface area contributed by atoms with Crippen LogP contribution in [0.1, 0.15) is 81.9 Å². The quantitative estimate of drug-likeness (QED) is 0.277. The average molecular weight is 642 g/mol. The maximum atomic E-state index is 13.9.